The number of halogens is 1. The average Bonchev–Trinajstić information content (AvgIpc) is 2.89. The van der Waals surface area contributed by atoms with Crippen molar-refractivity contribution in [3.05, 3.63) is 41.2 Å². The van der Waals surface area contributed by atoms with Crippen molar-refractivity contribution in [3.8, 4) is 0 Å². The number of carbonyl (C=O) groups excluding carboxylic acids is 1. The van der Waals surface area contributed by atoms with E-state index < -0.39 is 5.82 Å². The van der Waals surface area contributed by atoms with Crippen LogP contribution in [0.2, 0.25) is 0 Å². The van der Waals surface area contributed by atoms with Crippen molar-refractivity contribution < 1.29 is 9.18 Å². The van der Waals surface area contributed by atoms with E-state index in [1.807, 2.05) is 11.6 Å². The number of aromatic nitrogens is 3. The second-order valence-electron chi connectivity index (χ2n) is 5.58. The van der Waals surface area contributed by atoms with Crippen LogP contribution in [0.3, 0.4) is 0 Å². The molecular formula is C16H19FN4O. The van der Waals surface area contributed by atoms with Crippen LogP contribution in [-0.2, 0) is 19.4 Å². The minimum Gasteiger partial charge on any atom is -0.380 e. The molecule has 1 aromatic carbocycles. The highest BCUT2D eigenvalue weighted by Crippen LogP contribution is 2.23. The Hall–Kier alpha value is -2.24. The molecular weight excluding hydrogens is 283 g/mol. The molecule has 1 N–H and O–H groups in total. The van der Waals surface area contributed by atoms with Gasteiger partial charge in [0.2, 0.25) is 0 Å². The number of nitrogens with zero attached hydrogens (tertiary/aromatic N) is 3. The molecule has 22 heavy (non-hydrogen) atoms. The second kappa shape index (κ2) is 5.87. The second-order valence-corrected chi connectivity index (χ2v) is 5.58. The van der Waals surface area contributed by atoms with Gasteiger partial charge in [0.25, 0.3) is 0 Å². The third-order valence-corrected chi connectivity index (χ3v) is 3.94. The van der Waals surface area contributed by atoms with E-state index >= 15 is 0 Å². The molecule has 0 bridgehead atoms. The molecule has 0 saturated carbocycles. The molecule has 0 saturated heterocycles. The van der Waals surface area contributed by atoms with Gasteiger partial charge in [-0.15, -0.1) is 0 Å². The van der Waals surface area contributed by atoms with Gasteiger partial charge in [-0.05, 0) is 25.5 Å². The first-order valence-corrected chi connectivity index (χ1v) is 7.57. The van der Waals surface area contributed by atoms with Crippen molar-refractivity contribution in [2.24, 2.45) is 0 Å². The van der Waals surface area contributed by atoms with Crippen molar-refractivity contribution in [3.63, 3.8) is 0 Å². The number of benzene rings is 1. The summed E-state index contributed by atoms with van der Waals surface area (Å²) in [4.78, 5) is 16.1. The average molecular weight is 302 g/mol. The number of anilines is 1. The number of hydrogen-bond donors (Lipinski definition) is 1. The van der Waals surface area contributed by atoms with Crippen LogP contribution in [0.4, 0.5) is 10.1 Å². The van der Waals surface area contributed by atoms with Gasteiger partial charge in [0, 0.05) is 24.6 Å². The molecule has 0 spiro atoms. The Labute approximate surface area is 128 Å². The van der Waals surface area contributed by atoms with Crippen molar-refractivity contribution in [2.45, 2.75) is 45.7 Å². The summed E-state index contributed by atoms with van der Waals surface area (Å²) in [5.74, 6) is 1.10. The zero-order valence-electron chi connectivity index (χ0n) is 12.8. The summed E-state index contributed by atoms with van der Waals surface area (Å²) in [6.45, 7) is 4.09. The highest BCUT2D eigenvalue weighted by atomic mass is 19.1. The fourth-order valence-electron chi connectivity index (χ4n) is 2.85. The lowest BCUT2D eigenvalue weighted by molar-refractivity contribution is 0.101. The minimum absolute atomic E-state index is 0.110. The lowest BCUT2D eigenvalue weighted by atomic mass is 10.0. The van der Waals surface area contributed by atoms with Crippen LogP contribution >= 0.6 is 0 Å². The van der Waals surface area contributed by atoms with Crippen molar-refractivity contribution in [2.75, 3.05) is 5.32 Å². The van der Waals surface area contributed by atoms with Crippen molar-refractivity contribution >= 4 is 11.5 Å². The highest BCUT2D eigenvalue weighted by molar-refractivity contribution is 5.99. The van der Waals surface area contributed by atoms with E-state index in [-0.39, 0.29) is 17.4 Å². The largest absolute Gasteiger partial charge is 0.380 e. The number of aryl methyl sites for hydroxylation is 2. The summed E-state index contributed by atoms with van der Waals surface area (Å²) < 4.78 is 15.8. The van der Waals surface area contributed by atoms with Crippen LogP contribution < -0.4 is 5.32 Å². The van der Waals surface area contributed by atoms with Gasteiger partial charge in [-0.3, -0.25) is 4.79 Å². The van der Waals surface area contributed by atoms with E-state index in [1.165, 1.54) is 13.0 Å². The van der Waals surface area contributed by atoms with E-state index in [4.69, 9.17) is 0 Å². The normalized spacial score (nSPS) is 17.1. The van der Waals surface area contributed by atoms with Crippen molar-refractivity contribution in [1.82, 2.24) is 14.8 Å². The minimum atomic E-state index is -0.483. The van der Waals surface area contributed by atoms with E-state index in [1.54, 1.807) is 12.1 Å². The Bertz CT molecular complexity index is 710. The summed E-state index contributed by atoms with van der Waals surface area (Å²) in [6, 6.07) is 4.78. The number of nitrogens with one attached hydrogen (secondary N) is 1. The first-order valence-electron chi connectivity index (χ1n) is 7.57. The fourth-order valence-corrected chi connectivity index (χ4v) is 2.85. The Balaban J connectivity index is 1.80. The molecule has 1 aromatic heterocycles. The highest BCUT2D eigenvalue weighted by Gasteiger charge is 2.23. The zero-order valence-corrected chi connectivity index (χ0v) is 12.8. The van der Waals surface area contributed by atoms with Gasteiger partial charge in [0.1, 0.15) is 11.6 Å². The third-order valence-electron chi connectivity index (χ3n) is 3.94. The molecule has 1 atom stereocenters. The van der Waals surface area contributed by atoms with E-state index in [0.717, 1.165) is 30.9 Å². The molecule has 3 rings (SSSR count). The first-order chi connectivity index (χ1) is 10.6. The van der Waals surface area contributed by atoms with Crippen LogP contribution in [0.25, 0.3) is 0 Å². The molecule has 0 aliphatic carbocycles. The Kier molecular flexibility index (Phi) is 3.92. The third kappa shape index (κ3) is 2.73. The lowest BCUT2D eigenvalue weighted by Gasteiger charge is -2.25. The smallest absolute Gasteiger partial charge is 0.164 e. The molecule has 1 aliphatic heterocycles. The molecule has 0 radical (unpaired) electrons. The summed E-state index contributed by atoms with van der Waals surface area (Å²) in [6.07, 6.45) is 2.53. The van der Waals surface area contributed by atoms with Crippen LogP contribution in [0.5, 0.6) is 0 Å². The maximum Gasteiger partial charge on any atom is 0.164 e. The van der Waals surface area contributed by atoms with Gasteiger partial charge in [0.05, 0.1) is 12.1 Å². The first kappa shape index (κ1) is 14.7. The number of carbonyl (C=O) groups is 1. The zero-order chi connectivity index (χ0) is 15.7. The molecule has 1 aliphatic rings. The molecule has 5 nitrogen and oxygen atoms in total. The van der Waals surface area contributed by atoms with Gasteiger partial charge < -0.3 is 5.32 Å². The van der Waals surface area contributed by atoms with Gasteiger partial charge in [-0.25, -0.2) is 14.1 Å². The fraction of sp³-hybridized carbons (Fsp3) is 0.438. The topological polar surface area (TPSA) is 59.8 Å². The number of fused-ring (bicyclic) bond motifs is 1. The predicted molar refractivity (Wildman–Crippen MR) is 81.5 cm³/mol. The number of hydrogen-bond acceptors (Lipinski definition) is 4. The molecule has 0 amide bonds. The molecule has 2 aromatic rings. The Morgan fingerprint density at radius 2 is 2.32 bits per heavy atom. The number of rotatable bonds is 4. The summed E-state index contributed by atoms with van der Waals surface area (Å²) in [5.41, 5.74) is 0.679. The van der Waals surface area contributed by atoms with Gasteiger partial charge in [0.15, 0.2) is 11.6 Å². The summed E-state index contributed by atoms with van der Waals surface area (Å²) >= 11 is 0. The standard InChI is InChI=1S/C16H19FN4O/c1-3-14-19-15-8-7-11(9-21(15)20-14)18-13-6-4-5-12(17)16(13)10(2)22/h4-6,11,18H,3,7-9H2,1-2H3/t11-/m1/s1. The number of ketones is 1. The molecule has 116 valence electrons. The van der Waals surface area contributed by atoms with Gasteiger partial charge in [-0.1, -0.05) is 13.0 Å². The van der Waals surface area contributed by atoms with E-state index in [9.17, 15) is 9.18 Å². The van der Waals surface area contributed by atoms with Crippen LogP contribution in [0.15, 0.2) is 18.2 Å². The van der Waals surface area contributed by atoms with E-state index in [0.29, 0.717) is 12.2 Å². The van der Waals surface area contributed by atoms with Crippen LogP contribution in [0.1, 0.15) is 42.3 Å². The molecule has 0 unspecified atom stereocenters. The maximum absolute atomic E-state index is 13.9. The van der Waals surface area contributed by atoms with E-state index in [2.05, 4.69) is 15.4 Å². The summed E-state index contributed by atoms with van der Waals surface area (Å²) in [7, 11) is 0. The quantitative estimate of drug-likeness (QED) is 0.882. The van der Waals surface area contributed by atoms with Crippen molar-refractivity contribution in [1.29, 1.82) is 0 Å². The lowest BCUT2D eigenvalue weighted by Crippen LogP contribution is -2.32. The summed E-state index contributed by atoms with van der Waals surface area (Å²) in [5, 5.41) is 7.75. The predicted octanol–water partition coefficient (Wildman–Crippen LogP) is 2.61. The van der Waals surface area contributed by atoms with Crippen LogP contribution in [0, 0.1) is 5.82 Å². The van der Waals surface area contributed by atoms with Gasteiger partial charge in [-0.2, -0.15) is 5.10 Å². The Morgan fingerprint density at radius 3 is 3.05 bits per heavy atom. The molecule has 0 fully saturated rings. The Morgan fingerprint density at radius 1 is 1.50 bits per heavy atom. The maximum atomic E-state index is 13.9. The SMILES string of the molecule is CCc1nc2n(n1)C[C@H](Nc1cccc(F)c1C(C)=O)CC2. The van der Waals surface area contributed by atoms with Gasteiger partial charge >= 0.3 is 0 Å². The van der Waals surface area contributed by atoms with Crippen LogP contribution in [-0.4, -0.2) is 26.6 Å². The molecule has 2 heterocycles. The number of Topliss-reactive ketones (excluding diaryl/α,β-unsaturated/α-hetero) is 1. The monoisotopic (exact) mass is 302 g/mol. The molecule has 6 heteroatoms.